The Kier molecular flexibility index (Phi) is 7.75. The lowest BCUT2D eigenvalue weighted by Crippen LogP contribution is -2.30. The fraction of sp³-hybridized carbons (Fsp3) is 0.318. The van der Waals surface area contributed by atoms with E-state index in [1.807, 2.05) is 32.0 Å². The molecular formula is C22H26N2O4. The minimum atomic E-state index is -0.448. The van der Waals surface area contributed by atoms with Crippen LogP contribution in [0.25, 0.3) is 0 Å². The summed E-state index contributed by atoms with van der Waals surface area (Å²) in [5, 5.41) is 5.79. The third-order valence-electron chi connectivity index (χ3n) is 4.43. The van der Waals surface area contributed by atoms with Crippen LogP contribution in [0.5, 0.6) is 5.75 Å². The third kappa shape index (κ3) is 5.94. The van der Waals surface area contributed by atoms with Gasteiger partial charge in [-0.2, -0.15) is 0 Å². The average molecular weight is 382 g/mol. The molecule has 0 aliphatic heterocycles. The molecule has 0 fully saturated rings. The number of carbonyl (C=O) groups is 3. The lowest BCUT2D eigenvalue weighted by molar-refractivity contribution is -0.132. The first-order chi connectivity index (χ1) is 13.4. The second kappa shape index (κ2) is 10.3. The molecule has 0 atom stereocenters. The number of nitrogens with one attached hydrogen (secondary N) is 2. The Morgan fingerprint density at radius 2 is 1.71 bits per heavy atom. The third-order valence-corrected chi connectivity index (χ3v) is 4.43. The van der Waals surface area contributed by atoms with Crippen molar-refractivity contribution in [2.75, 3.05) is 5.32 Å². The Morgan fingerprint density at radius 3 is 2.39 bits per heavy atom. The molecule has 0 spiro atoms. The number of ether oxygens (including phenoxy) is 1. The predicted molar refractivity (Wildman–Crippen MR) is 108 cm³/mol. The van der Waals surface area contributed by atoms with Crippen LogP contribution in [0.15, 0.2) is 48.5 Å². The van der Waals surface area contributed by atoms with Gasteiger partial charge in [0.2, 0.25) is 5.91 Å². The Balaban J connectivity index is 2.09. The molecule has 0 radical (unpaired) electrons. The Bertz CT molecular complexity index is 844. The van der Waals surface area contributed by atoms with Gasteiger partial charge in [0.05, 0.1) is 0 Å². The summed E-state index contributed by atoms with van der Waals surface area (Å²) in [6.07, 6.45) is 1.58. The molecule has 6 nitrogen and oxygen atoms in total. The standard InChI is InChI=1S/C22H26N2O4/c1-4-16(5-2)21(26)23-14-18-9-6-7-12-20(18)24-22(27)17-10-8-11-19(13-17)28-15(3)25/h6-13,16H,4-5,14H2,1-3H3,(H,23,26)(H,24,27). The second-order valence-corrected chi connectivity index (χ2v) is 6.46. The lowest BCUT2D eigenvalue weighted by Gasteiger charge is -2.15. The number of hydrogen-bond donors (Lipinski definition) is 2. The molecule has 0 saturated heterocycles. The SMILES string of the molecule is CCC(CC)C(=O)NCc1ccccc1NC(=O)c1cccc(OC(C)=O)c1. The molecule has 0 unspecified atom stereocenters. The van der Waals surface area contributed by atoms with E-state index in [1.54, 1.807) is 24.3 Å². The largest absolute Gasteiger partial charge is 0.427 e. The van der Waals surface area contributed by atoms with Crippen LogP contribution in [0.3, 0.4) is 0 Å². The summed E-state index contributed by atoms with van der Waals surface area (Å²) < 4.78 is 5.02. The zero-order chi connectivity index (χ0) is 20.5. The fourth-order valence-corrected chi connectivity index (χ4v) is 2.84. The smallest absolute Gasteiger partial charge is 0.308 e. The molecule has 28 heavy (non-hydrogen) atoms. The number of hydrogen-bond acceptors (Lipinski definition) is 4. The van der Waals surface area contributed by atoms with Gasteiger partial charge in [-0.15, -0.1) is 0 Å². The van der Waals surface area contributed by atoms with Crippen molar-refractivity contribution in [3.05, 3.63) is 59.7 Å². The average Bonchev–Trinajstić information content (AvgIpc) is 2.68. The van der Waals surface area contributed by atoms with Gasteiger partial charge in [0, 0.05) is 30.6 Å². The number of rotatable bonds is 8. The Hall–Kier alpha value is -3.15. The monoisotopic (exact) mass is 382 g/mol. The van der Waals surface area contributed by atoms with Gasteiger partial charge in [-0.1, -0.05) is 38.1 Å². The zero-order valence-corrected chi connectivity index (χ0v) is 16.5. The van der Waals surface area contributed by atoms with E-state index in [9.17, 15) is 14.4 Å². The first-order valence-corrected chi connectivity index (χ1v) is 9.40. The van der Waals surface area contributed by atoms with Crippen LogP contribution in [0.4, 0.5) is 5.69 Å². The van der Waals surface area contributed by atoms with Crippen LogP contribution < -0.4 is 15.4 Å². The minimum Gasteiger partial charge on any atom is -0.427 e. The number of anilines is 1. The maximum absolute atomic E-state index is 12.6. The molecule has 0 aliphatic rings. The van der Waals surface area contributed by atoms with E-state index in [4.69, 9.17) is 4.74 Å². The highest BCUT2D eigenvalue weighted by molar-refractivity contribution is 6.05. The molecule has 148 valence electrons. The van der Waals surface area contributed by atoms with Gasteiger partial charge >= 0.3 is 5.97 Å². The van der Waals surface area contributed by atoms with E-state index in [1.165, 1.54) is 13.0 Å². The van der Waals surface area contributed by atoms with E-state index < -0.39 is 5.97 Å². The number of esters is 1. The van der Waals surface area contributed by atoms with Crippen molar-refractivity contribution in [3.8, 4) is 5.75 Å². The van der Waals surface area contributed by atoms with Crippen molar-refractivity contribution in [2.45, 2.75) is 40.2 Å². The summed E-state index contributed by atoms with van der Waals surface area (Å²) in [5.41, 5.74) is 1.80. The predicted octanol–water partition coefficient (Wildman–Crippen LogP) is 3.92. The van der Waals surface area contributed by atoms with Crippen LogP contribution in [-0.4, -0.2) is 17.8 Å². The van der Waals surface area contributed by atoms with Crippen LogP contribution >= 0.6 is 0 Å². The first-order valence-electron chi connectivity index (χ1n) is 9.40. The summed E-state index contributed by atoms with van der Waals surface area (Å²) in [6.45, 7) is 5.62. The molecule has 0 bridgehead atoms. The van der Waals surface area contributed by atoms with Crippen molar-refractivity contribution in [1.82, 2.24) is 5.32 Å². The van der Waals surface area contributed by atoms with E-state index in [-0.39, 0.29) is 17.7 Å². The molecule has 0 aromatic heterocycles. The van der Waals surface area contributed by atoms with Gasteiger partial charge in [-0.05, 0) is 42.7 Å². The summed E-state index contributed by atoms with van der Waals surface area (Å²) >= 11 is 0. The van der Waals surface area contributed by atoms with Crippen molar-refractivity contribution in [3.63, 3.8) is 0 Å². The topological polar surface area (TPSA) is 84.5 Å². The molecule has 0 saturated carbocycles. The Morgan fingerprint density at radius 1 is 1.00 bits per heavy atom. The molecule has 2 amide bonds. The minimum absolute atomic E-state index is 0.00855. The van der Waals surface area contributed by atoms with Crippen LogP contribution in [-0.2, 0) is 16.1 Å². The van der Waals surface area contributed by atoms with Crippen LogP contribution in [0.2, 0.25) is 0 Å². The Labute approximate surface area is 165 Å². The number of carbonyl (C=O) groups excluding carboxylic acids is 3. The highest BCUT2D eigenvalue weighted by Gasteiger charge is 2.15. The maximum Gasteiger partial charge on any atom is 0.308 e. The van der Waals surface area contributed by atoms with Gasteiger partial charge in [0.15, 0.2) is 0 Å². The zero-order valence-electron chi connectivity index (χ0n) is 16.5. The summed E-state index contributed by atoms with van der Waals surface area (Å²) in [5.74, 6) is -0.458. The molecule has 2 rings (SSSR count). The van der Waals surface area contributed by atoms with Crippen molar-refractivity contribution < 1.29 is 19.1 Å². The number of benzene rings is 2. The highest BCUT2D eigenvalue weighted by atomic mass is 16.5. The van der Waals surface area contributed by atoms with Gasteiger partial charge < -0.3 is 15.4 Å². The van der Waals surface area contributed by atoms with Crippen molar-refractivity contribution in [1.29, 1.82) is 0 Å². The van der Waals surface area contributed by atoms with Crippen LogP contribution in [0, 0.1) is 5.92 Å². The van der Waals surface area contributed by atoms with E-state index in [0.29, 0.717) is 23.5 Å². The summed E-state index contributed by atoms with van der Waals surface area (Å²) in [6, 6.07) is 13.7. The molecule has 2 aromatic carbocycles. The summed E-state index contributed by atoms with van der Waals surface area (Å²) in [4.78, 5) is 35.9. The quantitative estimate of drug-likeness (QED) is 0.535. The van der Waals surface area contributed by atoms with E-state index >= 15 is 0 Å². The molecular weight excluding hydrogens is 356 g/mol. The lowest BCUT2D eigenvalue weighted by atomic mass is 10.0. The van der Waals surface area contributed by atoms with Gasteiger partial charge in [0.1, 0.15) is 5.75 Å². The van der Waals surface area contributed by atoms with Gasteiger partial charge in [0.25, 0.3) is 5.91 Å². The van der Waals surface area contributed by atoms with Gasteiger partial charge in [-0.25, -0.2) is 0 Å². The molecule has 2 N–H and O–H groups in total. The molecule has 2 aromatic rings. The number of para-hydroxylation sites is 1. The van der Waals surface area contributed by atoms with E-state index in [0.717, 1.165) is 18.4 Å². The van der Waals surface area contributed by atoms with Gasteiger partial charge in [-0.3, -0.25) is 14.4 Å². The molecule has 0 aliphatic carbocycles. The van der Waals surface area contributed by atoms with Crippen LogP contribution in [0.1, 0.15) is 49.5 Å². The molecule has 0 heterocycles. The first kappa shape index (κ1) is 21.2. The highest BCUT2D eigenvalue weighted by Crippen LogP contribution is 2.19. The summed E-state index contributed by atoms with van der Waals surface area (Å²) in [7, 11) is 0. The normalized spacial score (nSPS) is 10.4. The van der Waals surface area contributed by atoms with Crippen molar-refractivity contribution >= 4 is 23.5 Å². The second-order valence-electron chi connectivity index (χ2n) is 6.46. The van der Waals surface area contributed by atoms with E-state index in [2.05, 4.69) is 10.6 Å². The molecule has 6 heteroatoms. The maximum atomic E-state index is 12.6. The number of amides is 2. The fourth-order valence-electron chi connectivity index (χ4n) is 2.84. The van der Waals surface area contributed by atoms with Crippen molar-refractivity contribution in [2.24, 2.45) is 5.92 Å².